The molecule has 0 atom stereocenters. The maximum absolute atomic E-state index is 5.47. The van der Waals surface area contributed by atoms with E-state index in [-0.39, 0.29) is 0 Å². The Balaban J connectivity index is 1.83. The second-order valence-corrected chi connectivity index (χ2v) is 5.22. The standard InChI is InChI=1S/C17H20N4/c1-21-12-20-16-7-6-15(10-17(16)21)14-4-2-13(3-5-14)11-19-9-8-18/h2-7,10,12,19H,8-9,11,18H2,1H3. The quantitative estimate of drug-likeness (QED) is 0.705. The van der Waals surface area contributed by atoms with Crippen molar-refractivity contribution in [1.82, 2.24) is 14.9 Å². The van der Waals surface area contributed by atoms with E-state index in [1.54, 1.807) is 0 Å². The Labute approximate surface area is 124 Å². The highest BCUT2D eigenvalue weighted by atomic mass is 15.0. The van der Waals surface area contributed by atoms with Gasteiger partial charge in [0, 0.05) is 26.7 Å². The summed E-state index contributed by atoms with van der Waals surface area (Å²) in [6, 6.07) is 15.0. The number of rotatable bonds is 5. The predicted molar refractivity (Wildman–Crippen MR) is 86.9 cm³/mol. The second kappa shape index (κ2) is 6.08. The maximum atomic E-state index is 5.47. The molecule has 3 N–H and O–H groups in total. The molecule has 3 aromatic rings. The lowest BCUT2D eigenvalue weighted by Gasteiger charge is -2.06. The van der Waals surface area contributed by atoms with Crippen LogP contribution in [0.4, 0.5) is 0 Å². The van der Waals surface area contributed by atoms with Crippen molar-refractivity contribution in [3.8, 4) is 11.1 Å². The lowest BCUT2D eigenvalue weighted by molar-refractivity contribution is 0.695. The molecule has 1 heterocycles. The lowest BCUT2D eigenvalue weighted by atomic mass is 10.0. The highest BCUT2D eigenvalue weighted by Gasteiger charge is 2.03. The van der Waals surface area contributed by atoms with Gasteiger partial charge >= 0.3 is 0 Å². The van der Waals surface area contributed by atoms with Gasteiger partial charge in [-0.2, -0.15) is 0 Å². The fourth-order valence-electron chi connectivity index (χ4n) is 2.46. The minimum atomic E-state index is 0.669. The largest absolute Gasteiger partial charge is 0.334 e. The van der Waals surface area contributed by atoms with Gasteiger partial charge in [-0.15, -0.1) is 0 Å². The zero-order valence-electron chi connectivity index (χ0n) is 12.2. The molecule has 0 aliphatic rings. The van der Waals surface area contributed by atoms with Gasteiger partial charge in [0.1, 0.15) is 0 Å². The van der Waals surface area contributed by atoms with Crippen LogP contribution in [0.5, 0.6) is 0 Å². The van der Waals surface area contributed by atoms with E-state index in [1.165, 1.54) is 16.7 Å². The van der Waals surface area contributed by atoms with E-state index in [2.05, 4.69) is 52.8 Å². The first-order chi connectivity index (χ1) is 10.3. The van der Waals surface area contributed by atoms with Crippen LogP contribution in [0.15, 0.2) is 48.8 Å². The van der Waals surface area contributed by atoms with Gasteiger partial charge < -0.3 is 15.6 Å². The molecule has 0 unspecified atom stereocenters. The lowest BCUT2D eigenvalue weighted by Crippen LogP contribution is -2.21. The molecule has 0 fully saturated rings. The second-order valence-electron chi connectivity index (χ2n) is 5.22. The molecule has 0 bridgehead atoms. The topological polar surface area (TPSA) is 55.9 Å². The van der Waals surface area contributed by atoms with Gasteiger partial charge in [0.15, 0.2) is 0 Å². The first-order valence-electron chi connectivity index (χ1n) is 7.19. The Kier molecular flexibility index (Phi) is 3.99. The molecular weight excluding hydrogens is 260 g/mol. The number of benzene rings is 2. The molecule has 4 heteroatoms. The molecule has 0 saturated heterocycles. The van der Waals surface area contributed by atoms with E-state index < -0.39 is 0 Å². The molecule has 108 valence electrons. The Morgan fingerprint density at radius 2 is 1.86 bits per heavy atom. The summed E-state index contributed by atoms with van der Waals surface area (Å²) in [5.41, 5.74) is 11.4. The van der Waals surface area contributed by atoms with E-state index in [4.69, 9.17) is 5.73 Å². The molecule has 0 aliphatic heterocycles. The van der Waals surface area contributed by atoms with Crippen LogP contribution in [0.25, 0.3) is 22.2 Å². The SMILES string of the molecule is Cn1cnc2ccc(-c3ccc(CNCCN)cc3)cc21. The van der Waals surface area contributed by atoms with Crippen molar-refractivity contribution >= 4 is 11.0 Å². The van der Waals surface area contributed by atoms with Crippen LogP contribution < -0.4 is 11.1 Å². The van der Waals surface area contributed by atoms with Crippen molar-refractivity contribution in [1.29, 1.82) is 0 Å². The number of aromatic nitrogens is 2. The van der Waals surface area contributed by atoms with E-state index in [0.29, 0.717) is 6.54 Å². The number of imidazole rings is 1. The molecule has 2 aromatic carbocycles. The third-order valence-corrected chi connectivity index (χ3v) is 3.66. The first-order valence-corrected chi connectivity index (χ1v) is 7.19. The van der Waals surface area contributed by atoms with Gasteiger partial charge in [-0.3, -0.25) is 0 Å². The number of nitrogens with two attached hydrogens (primary N) is 1. The van der Waals surface area contributed by atoms with Crippen LogP contribution in [0.1, 0.15) is 5.56 Å². The van der Waals surface area contributed by atoms with Crippen LogP contribution in [-0.4, -0.2) is 22.6 Å². The van der Waals surface area contributed by atoms with Gasteiger partial charge in [-0.05, 0) is 28.8 Å². The van der Waals surface area contributed by atoms with Gasteiger partial charge in [-0.25, -0.2) is 4.98 Å². The highest BCUT2D eigenvalue weighted by Crippen LogP contribution is 2.24. The third-order valence-electron chi connectivity index (χ3n) is 3.66. The predicted octanol–water partition coefficient (Wildman–Crippen LogP) is 2.29. The van der Waals surface area contributed by atoms with Crippen LogP contribution in [-0.2, 0) is 13.6 Å². The van der Waals surface area contributed by atoms with E-state index in [1.807, 2.05) is 17.9 Å². The molecule has 0 amide bonds. The van der Waals surface area contributed by atoms with Crippen LogP contribution >= 0.6 is 0 Å². The fourth-order valence-corrected chi connectivity index (χ4v) is 2.46. The van der Waals surface area contributed by atoms with E-state index in [0.717, 1.165) is 24.1 Å². The Morgan fingerprint density at radius 3 is 2.62 bits per heavy atom. The number of fused-ring (bicyclic) bond motifs is 1. The molecule has 0 saturated carbocycles. The summed E-state index contributed by atoms with van der Waals surface area (Å²) in [5, 5.41) is 3.30. The fraction of sp³-hybridized carbons (Fsp3) is 0.235. The summed E-state index contributed by atoms with van der Waals surface area (Å²) < 4.78 is 2.05. The smallest absolute Gasteiger partial charge is 0.0955 e. The Hall–Kier alpha value is -2.17. The van der Waals surface area contributed by atoms with Crippen LogP contribution in [0, 0.1) is 0 Å². The summed E-state index contributed by atoms with van der Waals surface area (Å²) in [7, 11) is 2.02. The zero-order valence-corrected chi connectivity index (χ0v) is 12.2. The summed E-state index contributed by atoms with van der Waals surface area (Å²) in [5.74, 6) is 0. The normalized spacial score (nSPS) is 11.1. The van der Waals surface area contributed by atoms with Gasteiger partial charge in [-0.1, -0.05) is 30.3 Å². The van der Waals surface area contributed by atoms with Crippen molar-refractivity contribution in [3.05, 3.63) is 54.4 Å². The molecule has 0 spiro atoms. The maximum Gasteiger partial charge on any atom is 0.0955 e. The molecule has 21 heavy (non-hydrogen) atoms. The summed E-state index contributed by atoms with van der Waals surface area (Å²) in [4.78, 5) is 4.35. The third kappa shape index (κ3) is 2.96. The van der Waals surface area contributed by atoms with Gasteiger partial charge in [0.05, 0.1) is 17.4 Å². The number of aryl methyl sites for hydroxylation is 1. The minimum absolute atomic E-state index is 0.669. The van der Waals surface area contributed by atoms with Crippen LogP contribution in [0.2, 0.25) is 0 Å². The molecular formula is C17H20N4. The average Bonchev–Trinajstić information content (AvgIpc) is 2.89. The molecule has 0 aliphatic carbocycles. The molecule has 3 rings (SSSR count). The number of hydrogen-bond acceptors (Lipinski definition) is 3. The summed E-state index contributed by atoms with van der Waals surface area (Å²) in [6.45, 7) is 2.37. The Morgan fingerprint density at radius 1 is 1.10 bits per heavy atom. The Bertz CT molecular complexity index is 728. The average molecular weight is 280 g/mol. The van der Waals surface area contributed by atoms with Gasteiger partial charge in [0.25, 0.3) is 0 Å². The molecule has 1 aromatic heterocycles. The van der Waals surface area contributed by atoms with E-state index >= 15 is 0 Å². The van der Waals surface area contributed by atoms with Crippen molar-refractivity contribution in [2.75, 3.05) is 13.1 Å². The monoisotopic (exact) mass is 280 g/mol. The van der Waals surface area contributed by atoms with Crippen molar-refractivity contribution < 1.29 is 0 Å². The highest BCUT2D eigenvalue weighted by molar-refractivity contribution is 5.82. The number of nitrogens with zero attached hydrogens (tertiary/aromatic N) is 2. The number of hydrogen-bond donors (Lipinski definition) is 2. The summed E-state index contributed by atoms with van der Waals surface area (Å²) >= 11 is 0. The van der Waals surface area contributed by atoms with Crippen molar-refractivity contribution in [3.63, 3.8) is 0 Å². The minimum Gasteiger partial charge on any atom is -0.334 e. The van der Waals surface area contributed by atoms with Crippen molar-refractivity contribution in [2.45, 2.75) is 6.54 Å². The molecule has 0 radical (unpaired) electrons. The van der Waals surface area contributed by atoms with E-state index in [9.17, 15) is 0 Å². The van der Waals surface area contributed by atoms with Crippen molar-refractivity contribution in [2.24, 2.45) is 12.8 Å². The summed E-state index contributed by atoms with van der Waals surface area (Å²) in [6.07, 6.45) is 1.85. The molecule has 4 nitrogen and oxygen atoms in total. The zero-order chi connectivity index (χ0) is 14.7. The van der Waals surface area contributed by atoms with Crippen LogP contribution in [0.3, 0.4) is 0 Å². The first kappa shape index (κ1) is 13.8. The number of nitrogens with one attached hydrogen (secondary N) is 1. The van der Waals surface area contributed by atoms with Gasteiger partial charge in [0.2, 0.25) is 0 Å².